The molecular formula is C12H14O2. The Hall–Kier alpha value is -1.31. The molecule has 2 rings (SSSR count). The third-order valence-corrected chi connectivity index (χ3v) is 3.09. The van der Waals surface area contributed by atoms with Crippen LogP contribution in [0.2, 0.25) is 0 Å². The third-order valence-electron chi connectivity index (χ3n) is 3.09. The number of ether oxygens (including phenoxy) is 1. The van der Waals surface area contributed by atoms with Crippen LogP contribution in [0.4, 0.5) is 0 Å². The molecule has 0 spiro atoms. The molecule has 0 aliphatic carbocycles. The Morgan fingerprint density at radius 1 is 1.36 bits per heavy atom. The van der Waals surface area contributed by atoms with E-state index in [-0.39, 0.29) is 11.9 Å². The second-order valence-corrected chi connectivity index (χ2v) is 4.05. The Balaban J connectivity index is 2.38. The summed E-state index contributed by atoms with van der Waals surface area (Å²) in [6.07, 6.45) is 0.519. The predicted octanol–water partition coefficient (Wildman–Crippen LogP) is 2.48. The van der Waals surface area contributed by atoms with E-state index in [1.54, 1.807) is 0 Å². The molecule has 14 heavy (non-hydrogen) atoms. The fourth-order valence-electron chi connectivity index (χ4n) is 1.94. The predicted molar refractivity (Wildman–Crippen MR) is 53.7 cm³/mol. The molecule has 1 aliphatic heterocycles. The van der Waals surface area contributed by atoms with Gasteiger partial charge in [0.05, 0.1) is 6.42 Å². The zero-order valence-electron chi connectivity index (χ0n) is 8.49. The normalized spacial score (nSPS) is 31.6. The van der Waals surface area contributed by atoms with Crippen molar-refractivity contribution >= 4 is 5.97 Å². The van der Waals surface area contributed by atoms with Gasteiger partial charge >= 0.3 is 5.97 Å². The molecule has 0 saturated carbocycles. The van der Waals surface area contributed by atoms with E-state index >= 15 is 0 Å². The van der Waals surface area contributed by atoms with Gasteiger partial charge in [-0.2, -0.15) is 0 Å². The van der Waals surface area contributed by atoms with Crippen LogP contribution in [0.25, 0.3) is 0 Å². The monoisotopic (exact) mass is 190 g/mol. The number of rotatable bonds is 1. The number of cyclic esters (lactones) is 1. The van der Waals surface area contributed by atoms with Crippen molar-refractivity contribution in [2.45, 2.75) is 25.9 Å². The minimum absolute atomic E-state index is 0.0937. The number of carbonyl (C=O) groups excluding carboxylic acids is 1. The second kappa shape index (κ2) is 3.12. The molecule has 0 bridgehead atoms. The van der Waals surface area contributed by atoms with Crippen LogP contribution in [0.1, 0.15) is 25.8 Å². The van der Waals surface area contributed by atoms with Gasteiger partial charge in [0.15, 0.2) is 0 Å². The summed E-state index contributed by atoms with van der Waals surface area (Å²) >= 11 is 0. The van der Waals surface area contributed by atoms with Crippen LogP contribution < -0.4 is 0 Å². The molecule has 1 saturated heterocycles. The summed E-state index contributed by atoms with van der Waals surface area (Å²) < 4.78 is 5.41. The quantitative estimate of drug-likeness (QED) is 0.636. The van der Waals surface area contributed by atoms with Crippen molar-refractivity contribution in [3.05, 3.63) is 35.9 Å². The first-order chi connectivity index (χ1) is 6.63. The van der Waals surface area contributed by atoms with Crippen LogP contribution in [-0.2, 0) is 15.1 Å². The first-order valence-electron chi connectivity index (χ1n) is 4.90. The summed E-state index contributed by atoms with van der Waals surface area (Å²) in [5.41, 5.74) is 0.650. The summed E-state index contributed by atoms with van der Waals surface area (Å²) in [7, 11) is 0. The lowest BCUT2D eigenvalue weighted by Gasteiger charge is -2.27. The lowest BCUT2D eigenvalue weighted by Crippen LogP contribution is -2.27. The minimum Gasteiger partial charge on any atom is -0.454 e. The average Bonchev–Trinajstić information content (AvgIpc) is 2.43. The van der Waals surface area contributed by atoms with Crippen molar-refractivity contribution < 1.29 is 9.53 Å². The molecule has 0 aromatic heterocycles. The Bertz CT molecular complexity index is 345. The van der Waals surface area contributed by atoms with Gasteiger partial charge in [-0.25, -0.2) is 0 Å². The first-order valence-corrected chi connectivity index (χ1v) is 4.90. The smallest absolute Gasteiger partial charge is 0.307 e. The van der Waals surface area contributed by atoms with E-state index in [4.69, 9.17) is 4.74 Å². The molecule has 1 fully saturated rings. The van der Waals surface area contributed by atoms with Gasteiger partial charge in [0.2, 0.25) is 0 Å². The molecule has 2 nitrogen and oxygen atoms in total. The average molecular weight is 190 g/mol. The van der Waals surface area contributed by atoms with Crippen LogP contribution in [0.3, 0.4) is 0 Å². The highest BCUT2D eigenvalue weighted by Crippen LogP contribution is 2.40. The molecular weight excluding hydrogens is 176 g/mol. The summed E-state index contributed by atoms with van der Waals surface area (Å²) in [5.74, 6) is 0.154. The summed E-state index contributed by atoms with van der Waals surface area (Å²) in [5, 5.41) is 0. The van der Waals surface area contributed by atoms with Gasteiger partial charge in [0.25, 0.3) is 0 Å². The van der Waals surface area contributed by atoms with E-state index in [2.05, 4.69) is 6.92 Å². The number of hydrogen-bond acceptors (Lipinski definition) is 2. The van der Waals surface area contributed by atoms with E-state index in [0.29, 0.717) is 6.42 Å². The molecule has 0 N–H and O–H groups in total. The van der Waals surface area contributed by atoms with Gasteiger partial charge in [-0.1, -0.05) is 37.3 Å². The van der Waals surface area contributed by atoms with Gasteiger partial charge in [-0.05, 0) is 12.5 Å². The Kier molecular flexibility index (Phi) is 2.06. The Morgan fingerprint density at radius 3 is 2.50 bits per heavy atom. The largest absolute Gasteiger partial charge is 0.454 e. The zero-order valence-corrected chi connectivity index (χ0v) is 8.49. The highest BCUT2D eigenvalue weighted by atomic mass is 16.6. The van der Waals surface area contributed by atoms with Crippen molar-refractivity contribution in [2.24, 2.45) is 5.92 Å². The summed E-state index contributed by atoms with van der Waals surface area (Å²) in [4.78, 5) is 11.2. The number of carbonyl (C=O) groups is 1. The maximum atomic E-state index is 11.2. The van der Waals surface area contributed by atoms with Gasteiger partial charge in [0.1, 0.15) is 5.60 Å². The fourth-order valence-corrected chi connectivity index (χ4v) is 1.94. The molecule has 0 amide bonds. The minimum atomic E-state index is -0.432. The van der Waals surface area contributed by atoms with Gasteiger partial charge < -0.3 is 4.74 Å². The molecule has 2 heteroatoms. The van der Waals surface area contributed by atoms with Crippen molar-refractivity contribution in [3.8, 4) is 0 Å². The first kappa shape index (κ1) is 9.25. The van der Waals surface area contributed by atoms with Crippen LogP contribution in [0.5, 0.6) is 0 Å². The van der Waals surface area contributed by atoms with Crippen molar-refractivity contribution in [2.75, 3.05) is 0 Å². The van der Waals surface area contributed by atoms with E-state index in [1.165, 1.54) is 0 Å². The van der Waals surface area contributed by atoms with E-state index in [1.807, 2.05) is 37.3 Å². The standard InChI is InChI=1S/C12H14O2/c1-9-8-11(13)14-12(9,2)10-6-4-3-5-7-10/h3-7,9H,8H2,1-2H3. The summed E-state index contributed by atoms with van der Waals surface area (Å²) in [6, 6.07) is 9.93. The maximum Gasteiger partial charge on any atom is 0.307 e. The molecule has 1 aromatic carbocycles. The fraction of sp³-hybridized carbons (Fsp3) is 0.417. The maximum absolute atomic E-state index is 11.2. The third kappa shape index (κ3) is 1.31. The van der Waals surface area contributed by atoms with E-state index in [0.717, 1.165) is 5.56 Å². The number of esters is 1. The highest BCUT2D eigenvalue weighted by molar-refractivity contribution is 5.73. The van der Waals surface area contributed by atoms with Crippen molar-refractivity contribution in [1.29, 1.82) is 0 Å². The lowest BCUT2D eigenvalue weighted by molar-refractivity contribution is -0.148. The molecule has 2 atom stereocenters. The number of hydrogen-bond donors (Lipinski definition) is 0. The second-order valence-electron chi connectivity index (χ2n) is 4.05. The highest BCUT2D eigenvalue weighted by Gasteiger charge is 2.43. The van der Waals surface area contributed by atoms with Gasteiger partial charge in [-0.15, -0.1) is 0 Å². The van der Waals surface area contributed by atoms with Gasteiger partial charge in [-0.3, -0.25) is 4.79 Å². The topological polar surface area (TPSA) is 26.3 Å². The molecule has 74 valence electrons. The molecule has 1 aliphatic rings. The Morgan fingerprint density at radius 2 is 2.00 bits per heavy atom. The van der Waals surface area contributed by atoms with E-state index < -0.39 is 5.60 Å². The Labute approximate surface area is 83.9 Å². The lowest BCUT2D eigenvalue weighted by atomic mass is 9.84. The SMILES string of the molecule is CC1CC(=O)OC1(C)c1ccccc1. The van der Waals surface area contributed by atoms with Gasteiger partial charge in [0, 0.05) is 5.92 Å². The van der Waals surface area contributed by atoms with Crippen LogP contribution >= 0.6 is 0 Å². The van der Waals surface area contributed by atoms with E-state index in [9.17, 15) is 4.79 Å². The summed E-state index contributed by atoms with van der Waals surface area (Å²) in [6.45, 7) is 4.04. The van der Waals surface area contributed by atoms with Crippen molar-refractivity contribution in [1.82, 2.24) is 0 Å². The zero-order chi connectivity index (χ0) is 10.2. The molecule has 1 heterocycles. The number of benzene rings is 1. The molecule has 2 unspecified atom stereocenters. The van der Waals surface area contributed by atoms with Crippen LogP contribution in [-0.4, -0.2) is 5.97 Å². The van der Waals surface area contributed by atoms with Crippen molar-refractivity contribution in [3.63, 3.8) is 0 Å². The van der Waals surface area contributed by atoms with Crippen LogP contribution in [0, 0.1) is 5.92 Å². The molecule has 0 radical (unpaired) electrons. The molecule has 1 aromatic rings. The van der Waals surface area contributed by atoms with Crippen LogP contribution in [0.15, 0.2) is 30.3 Å².